The van der Waals surface area contributed by atoms with E-state index in [2.05, 4.69) is 15.9 Å². The number of ketones is 2. The molecular formula is C16H17BrO4. The van der Waals surface area contributed by atoms with Crippen LogP contribution in [-0.2, 0) is 14.3 Å². The summed E-state index contributed by atoms with van der Waals surface area (Å²) in [5.74, 6) is -1.28. The van der Waals surface area contributed by atoms with E-state index in [0.29, 0.717) is 5.56 Å². The van der Waals surface area contributed by atoms with Crippen molar-refractivity contribution in [2.45, 2.75) is 33.8 Å². The number of benzene rings is 1. The molecule has 0 aliphatic carbocycles. The Kier molecular flexibility index (Phi) is 3.82. The van der Waals surface area contributed by atoms with Crippen LogP contribution in [0.25, 0.3) is 0 Å². The first-order valence-electron chi connectivity index (χ1n) is 6.64. The highest BCUT2D eigenvalue weighted by molar-refractivity contribution is 9.10. The molecule has 0 aromatic heterocycles. The van der Waals surface area contributed by atoms with Gasteiger partial charge in [0.05, 0.1) is 5.41 Å². The summed E-state index contributed by atoms with van der Waals surface area (Å²) in [5, 5.41) is 0. The lowest BCUT2D eigenvalue weighted by molar-refractivity contribution is -0.181. The fourth-order valence-electron chi connectivity index (χ4n) is 2.57. The third kappa shape index (κ3) is 2.55. The van der Waals surface area contributed by atoms with Crippen LogP contribution >= 0.6 is 15.9 Å². The number of hydrogen-bond acceptors (Lipinski definition) is 4. The molecule has 0 N–H and O–H groups in total. The van der Waals surface area contributed by atoms with Crippen molar-refractivity contribution in [2.24, 2.45) is 10.8 Å². The molecule has 21 heavy (non-hydrogen) atoms. The molecule has 0 saturated carbocycles. The maximum Gasteiger partial charge on any atom is 0.319 e. The van der Waals surface area contributed by atoms with E-state index in [4.69, 9.17) is 4.74 Å². The molecule has 4 nitrogen and oxygen atoms in total. The van der Waals surface area contributed by atoms with Gasteiger partial charge in [-0.3, -0.25) is 14.4 Å². The number of ether oxygens (including phenoxy) is 1. The summed E-state index contributed by atoms with van der Waals surface area (Å²) in [7, 11) is 0. The fourth-order valence-corrected chi connectivity index (χ4v) is 2.83. The maximum atomic E-state index is 12.6. The zero-order valence-corrected chi connectivity index (χ0v) is 14.0. The predicted octanol–water partition coefficient (Wildman–Crippen LogP) is 3.18. The van der Waals surface area contributed by atoms with Crippen LogP contribution in [0.2, 0.25) is 0 Å². The van der Waals surface area contributed by atoms with E-state index in [1.165, 1.54) is 13.8 Å². The van der Waals surface area contributed by atoms with E-state index in [0.717, 1.165) is 4.47 Å². The van der Waals surface area contributed by atoms with Gasteiger partial charge in [-0.15, -0.1) is 0 Å². The lowest BCUT2D eigenvalue weighted by Gasteiger charge is -2.42. The summed E-state index contributed by atoms with van der Waals surface area (Å²) in [6.45, 7) is 6.34. The van der Waals surface area contributed by atoms with Gasteiger partial charge >= 0.3 is 5.97 Å². The van der Waals surface area contributed by atoms with Crippen LogP contribution in [0.5, 0.6) is 0 Å². The van der Waals surface area contributed by atoms with Crippen molar-refractivity contribution < 1.29 is 19.1 Å². The lowest BCUT2D eigenvalue weighted by Crippen LogP contribution is -2.58. The summed E-state index contributed by atoms with van der Waals surface area (Å²) in [6.07, 6.45) is -1.09. The summed E-state index contributed by atoms with van der Waals surface area (Å²) >= 11 is 3.30. The number of halogens is 1. The standard InChI is InChI=1S/C16H17BrO4/c1-15(2)12(21-14(20)16(3,4)13(15)19)11(18)9-5-7-10(17)8-6-9/h5-8,12H,1-4H3/t12-/m1/s1. The Bertz CT molecular complexity index is 614. The predicted molar refractivity (Wildman–Crippen MR) is 80.9 cm³/mol. The number of esters is 1. The molecule has 0 amide bonds. The summed E-state index contributed by atoms with van der Waals surface area (Å²) in [4.78, 5) is 37.1. The molecule has 1 atom stereocenters. The zero-order chi connectivity index (χ0) is 16.0. The second kappa shape index (κ2) is 5.05. The number of carbonyl (C=O) groups is 3. The molecule has 0 spiro atoms. The van der Waals surface area contributed by atoms with E-state index < -0.39 is 22.9 Å². The largest absolute Gasteiger partial charge is 0.452 e. The van der Waals surface area contributed by atoms with E-state index in [1.807, 2.05) is 0 Å². The molecule has 0 unspecified atom stereocenters. The topological polar surface area (TPSA) is 60.4 Å². The lowest BCUT2D eigenvalue weighted by atomic mass is 9.67. The minimum absolute atomic E-state index is 0.276. The van der Waals surface area contributed by atoms with Crippen molar-refractivity contribution in [3.8, 4) is 0 Å². The quantitative estimate of drug-likeness (QED) is 0.466. The van der Waals surface area contributed by atoms with Gasteiger partial charge in [-0.25, -0.2) is 0 Å². The Labute approximate surface area is 132 Å². The van der Waals surface area contributed by atoms with Crippen LogP contribution in [0.1, 0.15) is 38.1 Å². The molecule has 1 aliphatic rings. The van der Waals surface area contributed by atoms with Gasteiger partial charge in [0, 0.05) is 10.0 Å². The van der Waals surface area contributed by atoms with Gasteiger partial charge in [0.15, 0.2) is 11.9 Å². The Balaban J connectivity index is 2.39. The molecule has 1 fully saturated rings. The van der Waals surface area contributed by atoms with Crippen LogP contribution in [-0.4, -0.2) is 23.6 Å². The third-order valence-corrected chi connectivity index (χ3v) is 4.44. The minimum atomic E-state index is -1.22. The molecule has 1 heterocycles. The van der Waals surface area contributed by atoms with Crippen molar-refractivity contribution in [3.05, 3.63) is 34.3 Å². The van der Waals surface area contributed by atoms with Crippen molar-refractivity contribution in [1.29, 1.82) is 0 Å². The highest BCUT2D eigenvalue weighted by atomic mass is 79.9. The van der Waals surface area contributed by atoms with Gasteiger partial charge in [-0.05, 0) is 39.8 Å². The highest BCUT2D eigenvalue weighted by Gasteiger charge is 2.57. The summed E-state index contributed by atoms with van der Waals surface area (Å²) < 4.78 is 6.16. The molecule has 112 valence electrons. The SMILES string of the molecule is CC1(C)C(=O)O[C@H](C(=O)c2ccc(Br)cc2)C(C)(C)C1=O. The van der Waals surface area contributed by atoms with Gasteiger partial charge in [-0.2, -0.15) is 0 Å². The third-order valence-electron chi connectivity index (χ3n) is 3.91. The van der Waals surface area contributed by atoms with E-state index >= 15 is 0 Å². The van der Waals surface area contributed by atoms with Crippen LogP contribution in [0, 0.1) is 10.8 Å². The van der Waals surface area contributed by atoms with Crippen molar-refractivity contribution >= 4 is 33.5 Å². The first kappa shape index (κ1) is 15.9. The first-order chi connectivity index (χ1) is 9.58. The average Bonchev–Trinajstić information content (AvgIpc) is 2.42. The number of carbonyl (C=O) groups excluding carboxylic acids is 3. The molecular weight excluding hydrogens is 336 g/mol. The van der Waals surface area contributed by atoms with Crippen molar-refractivity contribution in [1.82, 2.24) is 0 Å². The smallest absolute Gasteiger partial charge is 0.319 e. The Morgan fingerprint density at radius 2 is 1.62 bits per heavy atom. The molecule has 1 aliphatic heterocycles. The minimum Gasteiger partial charge on any atom is -0.452 e. The number of rotatable bonds is 2. The molecule has 1 saturated heterocycles. The number of cyclic esters (lactones) is 1. The van der Waals surface area contributed by atoms with Gasteiger partial charge in [-0.1, -0.05) is 28.1 Å². The van der Waals surface area contributed by atoms with Crippen molar-refractivity contribution in [2.75, 3.05) is 0 Å². The Hall–Kier alpha value is -1.49. The summed E-state index contributed by atoms with van der Waals surface area (Å²) in [6, 6.07) is 6.74. The van der Waals surface area contributed by atoms with Gasteiger partial charge in [0.2, 0.25) is 5.78 Å². The number of Topliss-reactive ketones (excluding diaryl/α,β-unsaturated/α-hetero) is 2. The molecule has 0 radical (unpaired) electrons. The maximum absolute atomic E-state index is 12.6. The van der Waals surface area contributed by atoms with Crippen molar-refractivity contribution in [3.63, 3.8) is 0 Å². The van der Waals surface area contributed by atoms with Gasteiger partial charge in [0.1, 0.15) is 5.41 Å². The molecule has 0 bridgehead atoms. The second-order valence-electron chi connectivity index (χ2n) is 6.33. The Morgan fingerprint density at radius 1 is 1.10 bits per heavy atom. The average molecular weight is 353 g/mol. The van der Waals surface area contributed by atoms with Crippen LogP contribution in [0.15, 0.2) is 28.7 Å². The zero-order valence-electron chi connectivity index (χ0n) is 12.4. The highest BCUT2D eigenvalue weighted by Crippen LogP contribution is 2.41. The second-order valence-corrected chi connectivity index (χ2v) is 7.25. The molecule has 1 aromatic carbocycles. The normalized spacial score (nSPS) is 23.6. The van der Waals surface area contributed by atoms with Gasteiger partial charge < -0.3 is 4.74 Å². The van der Waals surface area contributed by atoms with Gasteiger partial charge in [0.25, 0.3) is 0 Å². The fraction of sp³-hybridized carbons (Fsp3) is 0.438. The number of hydrogen-bond donors (Lipinski definition) is 0. The monoisotopic (exact) mass is 352 g/mol. The molecule has 2 rings (SSSR count). The Morgan fingerprint density at radius 3 is 2.14 bits per heavy atom. The van der Waals surface area contributed by atoms with E-state index in [1.54, 1.807) is 38.1 Å². The first-order valence-corrected chi connectivity index (χ1v) is 7.43. The summed E-state index contributed by atoms with van der Waals surface area (Å²) in [5.41, 5.74) is -1.86. The molecule has 5 heteroatoms. The van der Waals surface area contributed by atoms with Crippen LogP contribution in [0.3, 0.4) is 0 Å². The molecule has 1 aromatic rings. The van der Waals surface area contributed by atoms with Crippen LogP contribution < -0.4 is 0 Å². The van der Waals surface area contributed by atoms with E-state index in [-0.39, 0.29) is 11.6 Å². The van der Waals surface area contributed by atoms with Crippen LogP contribution in [0.4, 0.5) is 0 Å². The van der Waals surface area contributed by atoms with E-state index in [9.17, 15) is 14.4 Å².